The number of benzene rings is 1. The Balaban J connectivity index is 3.23. The molecule has 7 heteroatoms. The van der Waals surface area contributed by atoms with E-state index < -0.39 is 20.6 Å². The van der Waals surface area contributed by atoms with E-state index in [-0.39, 0.29) is 16.2 Å². The molecule has 0 aliphatic rings. The molecule has 0 fully saturated rings. The van der Waals surface area contributed by atoms with Crippen molar-refractivity contribution in [2.75, 3.05) is 7.11 Å². The second-order valence-corrected chi connectivity index (χ2v) is 7.34. The minimum atomic E-state index is -4.01. The van der Waals surface area contributed by atoms with Gasteiger partial charge in [0.05, 0.1) is 12.7 Å². The molecule has 1 aromatic carbocycles. The van der Waals surface area contributed by atoms with Crippen LogP contribution in [-0.2, 0) is 13.8 Å². The van der Waals surface area contributed by atoms with Gasteiger partial charge in [-0.1, -0.05) is 0 Å². The molecule has 19 heavy (non-hydrogen) atoms. The third-order valence-corrected chi connectivity index (χ3v) is 3.40. The molecule has 1 aromatic rings. The molecule has 0 amide bonds. The van der Waals surface area contributed by atoms with Crippen LogP contribution in [0.2, 0.25) is 0 Å². The number of rotatable bonds is 3. The van der Waals surface area contributed by atoms with E-state index in [2.05, 4.69) is 0 Å². The van der Waals surface area contributed by atoms with E-state index in [1.54, 1.807) is 20.8 Å². The van der Waals surface area contributed by atoms with Gasteiger partial charge >= 0.3 is 5.97 Å². The van der Waals surface area contributed by atoms with Crippen LogP contribution in [-0.4, -0.2) is 27.1 Å². The summed E-state index contributed by atoms with van der Waals surface area (Å²) in [5, 5.41) is 0. The zero-order chi connectivity index (χ0) is 14.8. The topological polar surface area (TPSA) is 69.7 Å². The summed E-state index contributed by atoms with van der Waals surface area (Å²) in [5.41, 5.74) is -0.577. The Hall–Kier alpha value is -1.27. The van der Waals surface area contributed by atoms with Gasteiger partial charge < -0.3 is 9.47 Å². The summed E-state index contributed by atoms with van der Waals surface area (Å²) in [6.07, 6.45) is 0. The summed E-state index contributed by atoms with van der Waals surface area (Å²) < 4.78 is 32.9. The highest BCUT2D eigenvalue weighted by Crippen LogP contribution is 2.28. The van der Waals surface area contributed by atoms with E-state index in [9.17, 15) is 13.2 Å². The van der Waals surface area contributed by atoms with E-state index in [1.165, 1.54) is 19.2 Å². The fraction of sp³-hybridized carbons (Fsp3) is 0.417. The second kappa shape index (κ2) is 5.38. The molecule has 0 atom stereocenters. The minimum Gasteiger partial charge on any atom is -0.495 e. The van der Waals surface area contributed by atoms with Crippen molar-refractivity contribution in [1.29, 1.82) is 0 Å². The molecule has 0 aromatic heterocycles. The number of hydrogen-bond donors (Lipinski definition) is 0. The summed E-state index contributed by atoms with van der Waals surface area (Å²) in [5.74, 6) is -0.556. The van der Waals surface area contributed by atoms with E-state index in [4.69, 9.17) is 20.2 Å². The van der Waals surface area contributed by atoms with E-state index >= 15 is 0 Å². The SMILES string of the molecule is COc1ccc(C(=O)OC(C)(C)C)cc1S(=O)(=O)Cl. The molecule has 5 nitrogen and oxygen atoms in total. The maximum absolute atomic E-state index is 11.8. The third-order valence-electron chi connectivity index (χ3n) is 2.06. The first kappa shape index (κ1) is 15.8. The van der Waals surface area contributed by atoms with Crippen molar-refractivity contribution in [3.63, 3.8) is 0 Å². The number of esters is 1. The molecule has 0 aliphatic carbocycles. The molecule has 0 saturated carbocycles. The zero-order valence-corrected chi connectivity index (χ0v) is 12.6. The number of hydrogen-bond acceptors (Lipinski definition) is 5. The number of halogens is 1. The molecule has 0 radical (unpaired) electrons. The highest BCUT2D eigenvalue weighted by molar-refractivity contribution is 8.13. The highest BCUT2D eigenvalue weighted by atomic mass is 35.7. The van der Waals surface area contributed by atoms with Gasteiger partial charge in [0, 0.05) is 10.7 Å². The lowest BCUT2D eigenvalue weighted by Gasteiger charge is -2.19. The Morgan fingerprint density at radius 2 is 1.84 bits per heavy atom. The summed E-state index contributed by atoms with van der Waals surface area (Å²) in [6, 6.07) is 3.90. The normalized spacial score (nSPS) is 12.1. The van der Waals surface area contributed by atoms with Crippen LogP contribution in [0.3, 0.4) is 0 Å². The lowest BCUT2D eigenvalue weighted by Crippen LogP contribution is -2.24. The van der Waals surface area contributed by atoms with Gasteiger partial charge in [-0.3, -0.25) is 0 Å². The van der Waals surface area contributed by atoms with Crippen LogP contribution in [0.15, 0.2) is 23.1 Å². The molecule has 0 saturated heterocycles. The van der Waals surface area contributed by atoms with Crippen LogP contribution in [0.5, 0.6) is 5.75 Å². The van der Waals surface area contributed by atoms with Crippen molar-refractivity contribution in [1.82, 2.24) is 0 Å². The van der Waals surface area contributed by atoms with Gasteiger partial charge in [0.1, 0.15) is 16.2 Å². The molecule has 0 heterocycles. The van der Waals surface area contributed by atoms with E-state index in [1.807, 2.05) is 0 Å². The lowest BCUT2D eigenvalue weighted by molar-refractivity contribution is 0.00692. The Labute approximate surface area is 116 Å². The molecule has 106 valence electrons. The largest absolute Gasteiger partial charge is 0.495 e. The number of methoxy groups -OCH3 is 1. The Morgan fingerprint density at radius 1 is 1.26 bits per heavy atom. The first-order valence-corrected chi connectivity index (χ1v) is 7.71. The molecule has 0 aliphatic heterocycles. The third kappa shape index (κ3) is 4.40. The quantitative estimate of drug-likeness (QED) is 0.634. The van der Waals surface area contributed by atoms with Crippen LogP contribution in [0.1, 0.15) is 31.1 Å². The van der Waals surface area contributed by atoms with Crippen LogP contribution in [0.25, 0.3) is 0 Å². The zero-order valence-electron chi connectivity index (χ0n) is 11.1. The van der Waals surface area contributed by atoms with Crippen molar-refractivity contribution in [2.45, 2.75) is 31.3 Å². The van der Waals surface area contributed by atoms with Gasteiger partial charge in [-0.2, -0.15) is 0 Å². The summed E-state index contributed by atoms with van der Waals surface area (Å²) in [6.45, 7) is 5.15. The fourth-order valence-electron chi connectivity index (χ4n) is 1.33. The number of carbonyl (C=O) groups is 1. The minimum absolute atomic E-state index is 0.0716. The van der Waals surface area contributed by atoms with Crippen LogP contribution >= 0.6 is 10.7 Å². The van der Waals surface area contributed by atoms with Gasteiger partial charge in [0.25, 0.3) is 9.05 Å². The Bertz CT molecular complexity index is 587. The maximum Gasteiger partial charge on any atom is 0.338 e. The van der Waals surface area contributed by atoms with E-state index in [0.717, 1.165) is 6.07 Å². The standard InChI is InChI=1S/C12H15ClO5S/c1-12(2,3)18-11(14)8-5-6-9(17-4)10(7-8)19(13,15)16/h5-7H,1-4H3. The Kier molecular flexibility index (Phi) is 4.47. The number of ether oxygens (including phenoxy) is 2. The summed E-state index contributed by atoms with van der Waals surface area (Å²) >= 11 is 0. The van der Waals surface area contributed by atoms with Gasteiger partial charge in [-0.05, 0) is 39.0 Å². The molecule has 0 unspecified atom stereocenters. The van der Waals surface area contributed by atoms with Gasteiger partial charge in [0.15, 0.2) is 0 Å². The average molecular weight is 307 g/mol. The molecular weight excluding hydrogens is 292 g/mol. The predicted molar refractivity (Wildman–Crippen MR) is 71.2 cm³/mol. The van der Waals surface area contributed by atoms with Crippen LogP contribution in [0, 0.1) is 0 Å². The molecule has 0 N–H and O–H groups in total. The van der Waals surface area contributed by atoms with Crippen molar-refractivity contribution < 1.29 is 22.7 Å². The Morgan fingerprint density at radius 3 is 2.26 bits per heavy atom. The van der Waals surface area contributed by atoms with E-state index in [0.29, 0.717) is 0 Å². The first-order chi connectivity index (χ1) is 8.54. The predicted octanol–water partition coefficient (Wildman–Crippen LogP) is 2.58. The number of carbonyl (C=O) groups excluding carboxylic acids is 1. The average Bonchev–Trinajstić information content (AvgIpc) is 2.24. The molecular formula is C12H15ClO5S. The molecule has 0 spiro atoms. The first-order valence-electron chi connectivity index (χ1n) is 5.40. The second-order valence-electron chi connectivity index (χ2n) is 4.81. The van der Waals surface area contributed by atoms with Crippen LogP contribution < -0.4 is 4.74 Å². The van der Waals surface area contributed by atoms with Crippen molar-refractivity contribution >= 4 is 25.7 Å². The molecule has 0 bridgehead atoms. The summed E-state index contributed by atoms with van der Waals surface area (Å²) in [7, 11) is 2.60. The van der Waals surface area contributed by atoms with Gasteiger partial charge in [-0.15, -0.1) is 0 Å². The maximum atomic E-state index is 11.8. The smallest absolute Gasteiger partial charge is 0.338 e. The summed E-state index contributed by atoms with van der Waals surface area (Å²) in [4.78, 5) is 11.6. The highest BCUT2D eigenvalue weighted by Gasteiger charge is 2.22. The van der Waals surface area contributed by atoms with Crippen LogP contribution in [0.4, 0.5) is 0 Å². The monoisotopic (exact) mass is 306 g/mol. The molecule has 1 rings (SSSR count). The van der Waals surface area contributed by atoms with Crippen molar-refractivity contribution in [2.24, 2.45) is 0 Å². The van der Waals surface area contributed by atoms with Crippen molar-refractivity contribution in [3.8, 4) is 5.75 Å². The lowest BCUT2D eigenvalue weighted by atomic mass is 10.1. The van der Waals surface area contributed by atoms with Crippen molar-refractivity contribution in [3.05, 3.63) is 23.8 Å². The van der Waals surface area contributed by atoms with Gasteiger partial charge in [0.2, 0.25) is 0 Å². The fourth-order valence-corrected chi connectivity index (χ4v) is 2.35. The van der Waals surface area contributed by atoms with Gasteiger partial charge in [-0.25, -0.2) is 13.2 Å².